The number of hydrogen-bond donors (Lipinski definition) is 2. The zero-order valence-electron chi connectivity index (χ0n) is 8.03. The fraction of sp³-hybridized carbons (Fsp3) is 0.750. The van der Waals surface area contributed by atoms with E-state index >= 15 is 0 Å². The molecule has 6 nitrogen and oxygen atoms in total. The number of nitrogens with one attached hydrogen (secondary N) is 1. The van der Waals surface area contributed by atoms with E-state index in [-0.39, 0.29) is 19.1 Å². The first-order chi connectivity index (χ1) is 6.81. The van der Waals surface area contributed by atoms with Crippen molar-refractivity contribution in [1.82, 2.24) is 5.32 Å². The second kappa shape index (κ2) is 10.1. The zero-order valence-corrected chi connectivity index (χ0v) is 8.03. The van der Waals surface area contributed by atoms with Crippen molar-refractivity contribution in [2.75, 3.05) is 39.5 Å². The maximum atomic E-state index is 10.6. The van der Waals surface area contributed by atoms with Crippen LogP contribution in [-0.2, 0) is 19.1 Å². The van der Waals surface area contributed by atoms with E-state index in [1.54, 1.807) is 0 Å². The monoisotopic (exact) mass is 204 g/mol. The number of rotatable bonds is 9. The van der Waals surface area contributed by atoms with E-state index in [1.165, 1.54) is 0 Å². The van der Waals surface area contributed by atoms with Gasteiger partial charge in [0.2, 0.25) is 5.91 Å². The van der Waals surface area contributed by atoms with Crippen LogP contribution in [0.5, 0.6) is 0 Å². The summed E-state index contributed by atoms with van der Waals surface area (Å²) in [6.07, 6.45) is 0.682. The topological polar surface area (TPSA) is 90.7 Å². The highest BCUT2D eigenvalue weighted by molar-refractivity contribution is 5.77. The molecule has 0 rings (SSSR count). The van der Waals surface area contributed by atoms with Gasteiger partial charge in [-0.15, -0.1) is 0 Å². The lowest BCUT2D eigenvalue weighted by Gasteiger charge is -2.04. The first kappa shape index (κ1) is 13.0. The van der Waals surface area contributed by atoms with Crippen LogP contribution in [0.25, 0.3) is 0 Å². The molecule has 82 valence electrons. The van der Waals surface area contributed by atoms with Crippen LogP contribution in [0, 0.1) is 0 Å². The molecular weight excluding hydrogens is 188 g/mol. The molecule has 14 heavy (non-hydrogen) atoms. The Labute approximate surface area is 82.7 Å². The Kier molecular flexibility index (Phi) is 9.40. The summed E-state index contributed by atoms with van der Waals surface area (Å²) in [6.45, 7) is 1.71. The third-order valence-electron chi connectivity index (χ3n) is 1.31. The van der Waals surface area contributed by atoms with Crippen molar-refractivity contribution >= 4 is 12.2 Å². The zero-order chi connectivity index (χ0) is 10.6. The van der Waals surface area contributed by atoms with Gasteiger partial charge in [-0.2, -0.15) is 0 Å². The molecule has 0 spiro atoms. The van der Waals surface area contributed by atoms with Gasteiger partial charge < -0.3 is 25.3 Å². The van der Waals surface area contributed by atoms with E-state index in [4.69, 9.17) is 15.2 Å². The first-order valence-electron chi connectivity index (χ1n) is 4.37. The summed E-state index contributed by atoms with van der Waals surface area (Å²) >= 11 is 0. The van der Waals surface area contributed by atoms with Crippen LogP contribution in [-0.4, -0.2) is 51.7 Å². The molecule has 0 aliphatic rings. The highest BCUT2D eigenvalue weighted by atomic mass is 16.5. The van der Waals surface area contributed by atoms with Crippen LogP contribution in [0.1, 0.15) is 0 Å². The second-order valence-corrected chi connectivity index (χ2v) is 2.41. The minimum Gasteiger partial charge on any atom is -0.377 e. The molecule has 0 aliphatic heterocycles. The Balaban J connectivity index is 2.98. The predicted molar refractivity (Wildman–Crippen MR) is 49.8 cm³/mol. The molecule has 0 saturated carbocycles. The molecule has 0 radical (unpaired) electrons. The second-order valence-electron chi connectivity index (χ2n) is 2.41. The maximum absolute atomic E-state index is 10.6. The number of nitrogens with two attached hydrogens (primary N) is 1. The summed E-state index contributed by atoms with van der Waals surface area (Å²) in [5.74, 6) is -0.203. The van der Waals surface area contributed by atoms with Gasteiger partial charge in [-0.1, -0.05) is 0 Å². The van der Waals surface area contributed by atoms with E-state index in [0.717, 1.165) is 0 Å². The smallest absolute Gasteiger partial charge is 0.233 e. The van der Waals surface area contributed by atoms with Gasteiger partial charge in [0, 0.05) is 6.54 Å². The van der Waals surface area contributed by atoms with Crippen LogP contribution in [0.3, 0.4) is 0 Å². The van der Waals surface area contributed by atoms with E-state index < -0.39 is 0 Å². The SMILES string of the molecule is NCC(=O)NCCOCCOCC=O. The molecule has 0 bridgehead atoms. The lowest BCUT2D eigenvalue weighted by Crippen LogP contribution is -2.32. The van der Waals surface area contributed by atoms with Gasteiger partial charge in [-0.3, -0.25) is 4.79 Å². The van der Waals surface area contributed by atoms with Gasteiger partial charge in [-0.05, 0) is 0 Å². The lowest BCUT2D eigenvalue weighted by molar-refractivity contribution is -0.120. The quantitative estimate of drug-likeness (QED) is 0.345. The van der Waals surface area contributed by atoms with Crippen molar-refractivity contribution in [2.45, 2.75) is 0 Å². The molecule has 0 fully saturated rings. The van der Waals surface area contributed by atoms with Gasteiger partial charge in [-0.25, -0.2) is 0 Å². The molecule has 0 aliphatic carbocycles. The molecule has 0 atom stereocenters. The van der Waals surface area contributed by atoms with Crippen LogP contribution in [0.2, 0.25) is 0 Å². The summed E-state index contributed by atoms with van der Waals surface area (Å²) in [5, 5.41) is 2.55. The Bertz CT molecular complexity index is 163. The number of carbonyl (C=O) groups excluding carboxylic acids is 2. The largest absolute Gasteiger partial charge is 0.377 e. The third-order valence-corrected chi connectivity index (χ3v) is 1.31. The van der Waals surface area contributed by atoms with Crippen molar-refractivity contribution in [2.24, 2.45) is 5.73 Å². The Morgan fingerprint density at radius 1 is 1.29 bits per heavy atom. The molecule has 0 unspecified atom stereocenters. The third kappa shape index (κ3) is 9.11. The molecule has 1 amide bonds. The Morgan fingerprint density at radius 3 is 2.64 bits per heavy atom. The molecule has 0 aromatic heterocycles. The number of ether oxygens (including phenoxy) is 2. The van der Waals surface area contributed by atoms with Crippen molar-refractivity contribution in [3.8, 4) is 0 Å². The van der Waals surface area contributed by atoms with Crippen LogP contribution >= 0.6 is 0 Å². The summed E-state index contributed by atoms with van der Waals surface area (Å²) in [7, 11) is 0. The molecule has 0 aromatic carbocycles. The van der Waals surface area contributed by atoms with E-state index in [0.29, 0.717) is 32.7 Å². The summed E-state index contributed by atoms with van der Waals surface area (Å²) in [4.78, 5) is 20.5. The summed E-state index contributed by atoms with van der Waals surface area (Å²) < 4.78 is 9.91. The molecule has 0 saturated heterocycles. The Hall–Kier alpha value is -0.980. The Morgan fingerprint density at radius 2 is 2.00 bits per heavy atom. The van der Waals surface area contributed by atoms with Gasteiger partial charge in [0.05, 0.1) is 26.4 Å². The average Bonchev–Trinajstić information content (AvgIpc) is 2.21. The van der Waals surface area contributed by atoms with E-state index in [9.17, 15) is 9.59 Å². The molecular formula is C8H16N2O4. The van der Waals surface area contributed by atoms with Gasteiger partial charge in [0.15, 0.2) is 0 Å². The number of carbonyl (C=O) groups is 2. The molecule has 6 heteroatoms. The lowest BCUT2D eigenvalue weighted by atomic mass is 10.5. The summed E-state index contributed by atoms with van der Waals surface area (Å²) in [5.41, 5.74) is 5.06. The normalized spacial score (nSPS) is 9.79. The maximum Gasteiger partial charge on any atom is 0.233 e. The fourth-order valence-electron chi connectivity index (χ4n) is 0.686. The van der Waals surface area contributed by atoms with Crippen molar-refractivity contribution < 1.29 is 19.1 Å². The summed E-state index contributed by atoms with van der Waals surface area (Å²) in [6, 6.07) is 0. The molecule has 0 heterocycles. The van der Waals surface area contributed by atoms with Crippen molar-refractivity contribution in [1.29, 1.82) is 0 Å². The number of aldehydes is 1. The minimum absolute atomic E-state index is 0.0115. The van der Waals surface area contributed by atoms with Crippen LogP contribution in [0.4, 0.5) is 0 Å². The number of hydrogen-bond acceptors (Lipinski definition) is 5. The fourth-order valence-corrected chi connectivity index (χ4v) is 0.686. The van der Waals surface area contributed by atoms with E-state index in [1.807, 2.05) is 0 Å². The number of amides is 1. The minimum atomic E-state index is -0.203. The highest BCUT2D eigenvalue weighted by Crippen LogP contribution is 1.76. The van der Waals surface area contributed by atoms with Crippen LogP contribution < -0.4 is 11.1 Å². The predicted octanol–water partition coefficient (Wildman–Crippen LogP) is -1.71. The van der Waals surface area contributed by atoms with Gasteiger partial charge in [0.1, 0.15) is 12.9 Å². The average molecular weight is 204 g/mol. The van der Waals surface area contributed by atoms with Crippen molar-refractivity contribution in [3.05, 3.63) is 0 Å². The first-order valence-corrected chi connectivity index (χ1v) is 4.37. The van der Waals surface area contributed by atoms with Gasteiger partial charge >= 0.3 is 0 Å². The standard InChI is InChI=1S/C8H16N2O4/c9-7-8(12)10-1-3-13-5-6-14-4-2-11/h2H,1,3-7,9H2,(H,10,12). The molecule has 3 N–H and O–H groups in total. The molecule has 0 aromatic rings. The van der Waals surface area contributed by atoms with Crippen LogP contribution in [0.15, 0.2) is 0 Å². The highest BCUT2D eigenvalue weighted by Gasteiger charge is 1.94. The van der Waals surface area contributed by atoms with Gasteiger partial charge in [0.25, 0.3) is 0 Å². The van der Waals surface area contributed by atoms with Crippen molar-refractivity contribution in [3.63, 3.8) is 0 Å². The van der Waals surface area contributed by atoms with E-state index in [2.05, 4.69) is 5.32 Å².